The molecule has 0 aromatic heterocycles. The van der Waals surface area contributed by atoms with Crippen LogP contribution >= 0.6 is 11.8 Å². The van der Waals surface area contributed by atoms with Gasteiger partial charge in [0.2, 0.25) is 5.91 Å². The summed E-state index contributed by atoms with van der Waals surface area (Å²) in [5, 5.41) is 6.57. The highest BCUT2D eigenvalue weighted by Crippen LogP contribution is 2.32. The first-order chi connectivity index (χ1) is 12.2. The molecule has 1 aliphatic carbocycles. The van der Waals surface area contributed by atoms with Crippen molar-refractivity contribution in [1.82, 2.24) is 10.2 Å². The van der Waals surface area contributed by atoms with Gasteiger partial charge in [-0.25, -0.2) is 0 Å². The van der Waals surface area contributed by atoms with Crippen LogP contribution in [0.25, 0.3) is 0 Å². The highest BCUT2D eigenvalue weighted by atomic mass is 32.2. The molecule has 2 fully saturated rings. The molecule has 0 spiro atoms. The summed E-state index contributed by atoms with van der Waals surface area (Å²) in [6, 6.07) is 6.24. The zero-order valence-electron chi connectivity index (χ0n) is 14.4. The summed E-state index contributed by atoms with van der Waals surface area (Å²) in [4.78, 5) is 27.6. The van der Waals surface area contributed by atoms with E-state index in [-0.39, 0.29) is 11.8 Å². The topological polar surface area (TPSA) is 61.4 Å². The second kappa shape index (κ2) is 7.38. The minimum absolute atomic E-state index is 0.0263. The van der Waals surface area contributed by atoms with Crippen LogP contribution in [-0.2, 0) is 4.79 Å². The fourth-order valence-electron chi connectivity index (χ4n) is 3.48. The van der Waals surface area contributed by atoms with Crippen molar-refractivity contribution in [1.29, 1.82) is 0 Å². The van der Waals surface area contributed by atoms with Crippen LogP contribution < -0.4 is 10.6 Å². The van der Waals surface area contributed by atoms with Gasteiger partial charge >= 0.3 is 0 Å². The Hall–Kier alpha value is -1.53. The van der Waals surface area contributed by atoms with E-state index in [4.69, 9.17) is 0 Å². The molecule has 3 aliphatic rings. The van der Waals surface area contributed by atoms with Gasteiger partial charge < -0.3 is 15.5 Å². The number of carbonyl (C=O) groups excluding carboxylic acids is 2. The molecule has 0 bridgehead atoms. The first kappa shape index (κ1) is 16.9. The number of hydrogen-bond donors (Lipinski definition) is 2. The minimum Gasteiger partial charge on any atom is -0.339 e. The molecule has 0 unspecified atom stereocenters. The van der Waals surface area contributed by atoms with Gasteiger partial charge in [0, 0.05) is 41.8 Å². The Morgan fingerprint density at radius 2 is 2.04 bits per heavy atom. The molecule has 6 heteroatoms. The lowest BCUT2D eigenvalue weighted by atomic mass is 10.0. The van der Waals surface area contributed by atoms with E-state index in [0.29, 0.717) is 18.0 Å². The number of nitrogens with one attached hydrogen (secondary N) is 2. The molecule has 134 valence electrons. The average molecular weight is 359 g/mol. The number of fused-ring (bicyclic) bond motifs is 1. The van der Waals surface area contributed by atoms with E-state index in [1.807, 2.05) is 23.1 Å². The molecule has 4 rings (SSSR count). The molecular weight excluding hydrogens is 334 g/mol. The highest BCUT2D eigenvalue weighted by molar-refractivity contribution is 7.99. The van der Waals surface area contributed by atoms with Crippen LogP contribution in [0.4, 0.5) is 5.69 Å². The lowest BCUT2D eigenvalue weighted by molar-refractivity contribution is -0.115. The zero-order valence-corrected chi connectivity index (χ0v) is 15.2. The van der Waals surface area contributed by atoms with Gasteiger partial charge in [0.15, 0.2) is 0 Å². The molecule has 0 radical (unpaired) electrons. The van der Waals surface area contributed by atoms with Crippen LogP contribution in [0, 0.1) is 5.92 Å². The van der Waals surface area contributed by atoms with Gasteiger partial charge in [-0.1, -0.05) is 0 Å². The number of rotatable bonds is 4. The van der Waals surface area contributed by atoms with E-state index in [0.717, 1.165) is 54.7 Å². The van der Waals surface area contributed by atoms with E-state index >= 15 is 0 Å². The van der Waals surface area contributed by atoms with E-state index in [1.165, 1.54) is 12.8 Å². The van der Waals surface area contributed by atoms with Crippen LogP contribution in [0.5, 0.6) is 0 Å². The number of thioether (sulfide) groups is 1. The van der Waals surface area contributed by atoms with Crippen molar-refractivity contribution in [3.8, 4) is 0 Å². The summed E-state index contributed by atoms with van der Waals surface area (Å²) in [6.07, 6.45) is 5.31. The lowest BCUT2D eigenvalue weighted by Gasteiger charge is -2.32. The van der Waals surface area contributed by atoms with E-state index < -0.39 is 0 Å². The summed E-state index contributed by atoms with van der Waals surface area (Å²) in [7, 11) is 0. The summed E-state index contributed by atoms with van der Waals surface area (Å²) < 4.78 is 0. The Morgan fingerprint density at radius 1 is 1.24 bits per heavy atom. The number of nitrogens with zero attached hydrogens (tertiary/aromatic N) is 1. The number of benzene rings is 1. The molecule has 2 N–H and O–H groups in total. The van der Waals surface area contributed by atoms with Crippen molar-refractivity contribution in [2.24, 2.45) is 5.92 Å². The molecule has 1 aromatic carbocycles. The van der Waals surface area contributed by atoms with Gasteiger partial charge in [0.05, 0.1) is 5.69 Å². The third-order valence-electron chi connectivity index (χ3n) is 5.26. The normalized spacial score (nSPS) is 21.4. The van der Waals surface area contributed by atoms with Gasteiger partial charge in [-0.3, -0.25) is 9.59 Å². The summed E-state index contributed by atoms with van der Waals surface area (Å²) in [5.74, 6) is 1.78. The predicted octanol–water partition coefficient (Wildman–Crippen LogP) is 2.73. The Labute approximate surface area is 152 Å². The Balaban J connectivity index is 1.37. The average Bonchev–Trinajstić information content (AvgIpc) is 3.46. The smallest absolute Gasteiger partial charge is 0.253 e. The molecule has 2 amide bonds. The summed E-state index contributed by atoms with van der Waals surface area (Å²) in [6.45, 7) is 2.75. The van der Waals surface area contributed by atoms with Crippen LogP contribution in [-0.4, -0.2) is 48.1 Å². The molecule has 25 heavy (non-hydrogen) atoms. The SMILES string of the molecule is O=C1CCSc2ccc(C(=O)N3CCC(NCC4CC4)CC3)cc2N1. The number of carbonyl (C=O) groups is 2. The molecule has 1 saturated carbocycles. The number of likely N-dealkylation sites (tertiary alicyclic amines) is 1. The van der Waals surface area contributed by atoms with Gasteiger partial charge in [0.25, 0.3) is 5.91 Å². The molecule has 2 aliphatic heterocycles. The van der Waals surface area contributed by atoms with Crippen molar-refractivity contribution in [3.63, 3.8) is 0 Å². The first-order valence-corrected chi connectivity index (χ1v) is 10.3. The second-order valence-electron chi connectivity index (χ2n) is 7.28. The molecule has 5 nitrogen and oxygen atoms in total. The molecule has 1 saturated heterocycles. The van der Waals surface area contributed by atoms with E-state index in [2.05, 4.69) is 10.6 Å². The van der Waals surface area contributed by atoms with E-state index in [9.17, 15) is 9.59 Å². The maximum Gasteiger partial charge on any atom is 0.253 e. The maximum absolute atomic E-state index is 12.8. The van der Waals surface area contributed by atoms with Crippen LogP contribution in [0.2, 0.25) is 0 Å². The van der Waals surface area contributed by atoms with Gasteiger partial charge in [-0.15, -0.1) is 11.8 Å². The van der Waals surface area contributed by atoms with Crippen molar-refractivity contribution in [2.45, 2.75) is 43.0 Å². The number of piperidine rings is 1. The molecule has 2 heterocycles. The molecular formula is C19H25N3O2S. The number of amides is 2. The number of anilines is 1. The highest BCUT2D eigenvalue weighted by Gasteiger charge is 2.27. The standard InChI is InChI=1S/C19H25N3O2S/c23-18-7-10-25-17-4-3-14(11-16(17)21-18)19(24)22-8-5-15(6-9-22)20-12-13-1-2-13/h3-4,11,13,15,20H,1-2,5-10,12H2,(H,21,23). The van der Waals surface area contributed by atoms with Crippen molar-refractivity contribution >= 4 is 29.3 Å². The van der Waals surface area contributed by atoms with Crippen LogP contribution in [0.15, 0.2) is 23.1 Å². The van der Waals surface area contributed by atoms with Crippen molar-refractivity contribution in [3.05, 3.63) is 23.8 Å². The fourth-order valence-corrected chi connectivity index (χ4v) is 4.41. The van der Waals surface area contributed by atoms with Gasteiger partial charge in [-0.2, -0.15) is 0 Å². The Kier molecular flexibility index (Phi) is 4.99. The predicted molar refractivity (Wildman–Crippen MR) is 100 cm³/mol. The lowest BCUT2D eigenvalue weighted by Crippen LogP contribution is -2.45. The van der Waals surface area contributed by atoms with Crippen molar-refractivity contribution in [2.75, 3.05) is 30.7 Å². The Bertz CT molecular complexity index is 667. The maximum atomic E-state index is 12.8. The monoisotopic (exact) mass is 359 g/mol. The van der Waals surface area contributed by atoms with Crippen LogP contribution in [0.3, 0.4) is 0 Å². The van der Waals surface area contributed by atoms with E-state index in [1.54, 1.807) is 11.8 Å². The summed E-state index contributed by atoms with van der Waals surface area (Å²) >= 11 is 1.67. The van der Waals surface area contributed by atoms with Crippen molar-refractivity contribution < 1.29 is 9.59 Å². The zero-order chi connectivity index (χ0) is 17.2. The second-order valence-corrected chi connectivity index (χ2v) is 8.41. The first-order valence-electron chi connectivity index (χ1n) is 9.28. The largest absolute Gasteiger partial charge is 0.339 e. The third-order valence-corrected chi connectivity index (χ3v) is 6.34. The fraction of sp³-hybridized carbons (Fsp3) is 0.579. The molecule has 1 aromatic rings. The van der Waals surface area contributed by atoms with Gasteiger partial charge in [0.1, 0.15) is 0 Å². The summed E-state index contributed by atoms with van der Waals surface area (Å²) in [5.41, 5.74) is 1.45. The van der Waals surface area contributed by atoms with Gasteiger partial charge in [-0.05, 0) is 56.3 Å². The number of hydrogen-bond acceptors (Lipinski definition) is 4. The quantitative estimate of drug-likeness (QED) is 0.868. The third kappa shape index (κ3) is 4.18. The minimum atomic E-state index is 0.0263. The Morgan fingerprint density at radius 3 is 2.80 bits per heavy atom. The molecule has 0 atom stereocenters. The van der Waals surface area contributed by atoms with Crippen LogP contribution in [0.1, 0.15) is 42.5 Å².